The first-order valence-corrected chi connectivity index (χ1v) is 7.94. The molecule has 4 N–H and O–H groups in total. The highest BCUT2D eigenvalue weighted by atomic mass is 79.9. The lowest BCUT2D eigenvalue weighted by atomic mass is 9.99. The summed E-state index contributed by atoms with van der Waals surface area (Å²) >= 11 is 8.98. The maximum atomic E-state index is 10.3. The van der Waals surface area contributed by atoms with Gasteiger partial charge in [-0.15, -0.1) is 0 Å². The summed E-state index contributed by atoms with van der Waals surface area (Å²) in [5, 5.41) is 40.3. The SMILES string of the molecule is OC[C@@]1(Br)O[C@@H](O)[C@H](O)[C@@H](Oc2ccc3c(ccn3Cl)c2)[C@@H]1O. The lowest BCUT2D eigenvalue weighted by molar-refractivity contribution is -0.291. The van der Waals surface area contributed by atoms with Crippen LogP contribution in [-0.4, -0.2) is 60.2 Å². The Balaban J connectivity index is 1.88. The molecule has 7 nitrogen and oxygen atoms in total. The molecule has 0 unspecified atom stereocenters. The number of rotatable bonds is 3. The van der Waals surface area contributed by atoms with Crippen molar-refractivity contribution in [2.45, 2.75) is 29.1 Å². The van der Waals surface area contributed by atoms with Crippen LogP contribution in [0.25, 0.3) is 10.9 Å². The van der Waals surface area contributed by atoms with Crippen LogP contribution in [0.3, 0.4) is 0 Å². The van der Waals surface area contributed by atoms with Crippen LogP contribution in [0.5, 0.6) is 5.75 Å². The molecule has 2 heterocycles. The highest BCUT2D eigenvalue weighted by Crippen LogP contribution is 2.36. The predicted molar refractivity (Wildman–Crippen MR) is 85.5 cm³/mol. The number of hydrogen-bond donors (Lipinski definition) is 4. The molecule has 0 saturated carbocycles. The van der Waals surface area contributed by atoms with Crippen LogP contribution in [-0.2, 0) is 4.74 Å². The van der Waals surface area contributed by atoms with E-state index in [-0.39, 0.29) is 0 Å². The second kappa shape index (κ2) is 6.21. The van der Waals surface area contributed by atoms with Gasteiger partial charge in [0.15, 0.2) is 16.9 Å². The molecular weight excluding hydrogens is 394 g/mol. The summed E-state index contributed by atoms with van der Waals surface area (Å²) in [7, 11) is 0. The van der Waals surface area contributed by atoms with Crippen molar-refractivity contribution in [2.24, 2.45) is 0 Å². The van der Waals surface area contributed by atoms with Gasteiger partial charge in [0, 0.05) is 23.4 Å². The Morgan fingerprint density at radius 1 is 1.30 bits per heavy atom. The lowest BCUT2D eigenvalue weighted by Gasteiger charge is -2.44. The number of hydrogen-bond acceptors (Lipinski definition) is 6. The third-order valence-electron chi connectivity index (χ3n) is 3.80. The van der Waals surface area contributed by atoms with Crippen molar-refractivity contribution in [3.8, 4) is 5.75 Å². The molecular formula is C14H15BrClNO6. The average molecular weight is 409 g/mol. The Morgan fingerprint density at radius 3 is 2.74 bits per heavy atom. The lowest BCUT2D eigenvalue weighted by Crippen LogP contribution is -2.64. The standard InChI is InChI=1S/C14H15BrClNO6/c15-14(6-18)12(20)11(10(19)13(21)23-14)22-8-1-2-9-7(5-8)3-4-17(9)16/h1-5,10-13,18-21H,6H2/t10-,11-,12+,13-,14-/m1/s1. The van der Waals surface area contributed by atoms with Gasteiger partial charge < -0.3 is 29.9 Å². The Labute approximate surface area is 144 Å². The number of alkyl halides is 1. The molecule has 0 spiro atoms. The molecule has 0 aliphatic carbocycles. The van der Waals surface area contributed by atoms with E-state index in [0.717, 1.165) is 10.9 Å². The maximum Gasteiger partial charge on any atom is 0.186 e. The van der Waals surface area contributed by atoms with E-state index in [1.165, 1.54) is 4.09 Å². The zero-order valence-electron chi connectivity index (χ0n) is 11.7. The van der Waals surface area contributed by atoms with Crippen LogP contribution < -0.4 is 4.74 Å². The van der Waals surface area contributed by atoms with Gasteiger partial charge in [-0.1, -0.05) is 0 Å². The molecule has 2 aromatic rings. The fourth-order valence-corrected chi connectivity index (χ4v) is 3.18. The van der Waals surface area contributed by atoms with E-state index in [2.05, 4.69) is 15.9 Å². The summed E-state index contributed by atoms with van der Waals surface area (Å²) in [4.78, 5) is 0. The van der Waals surface area contributed by atoms with Gasteiger partial charge in [0.25, 0.3) is 0 Å². The molecule has 9 heteroatoms. The second-order valence-electron chi connectivity index (χ2n) is 5.32. The van der Waals surface area contributed by atoms with Crippen LogP contribution in [0.4, 0.5) is 0 Å². The van der Waals surface area contributed by atoms with E-state index in [1.807, 2.05) is 0 Å². The van der Waals surface area contributed by atoms with E-state index >= 15 is 0 Å². The number of benzene rings is 1. The summed E-state index contributed by atoms with van der Waals surface area (Å²) in [6.45, 7) is -0.619. The van der Waals surface area contributed by atoms with Gasteiger partial charge in [0.1, 0.15) is 18.0 Å². The molecule has 126 valence electrons. The maximum absolute atomic E-state index is 10.3. The van der Waals surface area contributed by atoms with E-state index in [4.69, 9.17) is 21.3 Å². The molecule has 0 amide bonds. The first kappa shape index (κ1) is 17.0. The summed E-state index contributed by atoms with van der Waals surface area (Å²) in [6.07, 6.45) is -4.06. The zero-order chi connectivity index (χ0) is 16.8. The first-order chi connectivity index (χ1) is 10.9. The molecule has 3 rings (SSSR count). The monoisotopic (exact) mass is 407 g/mol. The fraction of sp³-hybridized carbons (Fsp3) is 0.429. The Kier molecular flexibility index (Phi) is 4.58. The van der Waals surface area contributed by atoms with Gasteiger partial charge in [-0.25, -0.2) is 0 Å². The molecule has 1 aliphatic rings. The van der Waals surface area contributed by atoms with E-state index in [9.17, 15) is 20.4 Å². The Hall–Kier alpha value is -0.870. The van der Waals surface area contributed by atoms with Crippen molar-refractivity contribution in [1.82, 2.24) is 4.09 Å². The van der Waals surface area contributed by atoms with E-state index < -0.39 is 35.7 Å². The van der Waals surface area contributed by atoms with E-state index in [1.54, 1.807) is 30.5 Å². The predicted octanol–water partition coefficient (Wildman–Crippen LogP) is 0.544. The smallest absolute Gasteiger partial charge is 0.186 e. The topological polar surface area (TPSA) is 104 Å². The average Bonchev–Trinajstić information content (AvgIpc) is 2.90. The van der Waals surface area contributed by atoms with Crippen molar-refractivity contribution in [3.05, 3.63) is 30.5 Å². The molecule has 0 radical (unpaired) electrons. The number of fused-ring (bicyclic) bond motifs is 1. The minimum Gasteiger partial charge on any atom is -0.485 e. The number of nitrogens with zero attached hydrogens (tertiary/aromatic N) is 1. The van der Waals surface area contributed by atoms with Crippen molar-refractivity contribution < 1.29 is 29.9 Å². The first-order valence-electron chi connectivity index (χ1n) is 6.81. The van der Waals surface area contributed by atoms with Crippen molar-refractivity contribution in [2.75, 3.05) is 6.61 Å². The third-order valence-corrected chi connectivity index (χ3v) is 5.00. The Morgan fingerprint density at radius 2 is 2.04 bits per heavy atom. The minimum atomic E-state index is -1.63. The Bertz CT molecular complexity index is 712. The summed E-state index contributed by atoms with van der Waals surface area (Å²) < 4.78 is 10.4. The number of ether oxygens (including phenoxy) is 2. The van der Waals surface area contributed by atoms with Gasteiger partial charge in [-0.05, 0) is 40.2 Å². The van der Waals surface area contributed by atoms with Gasteiger partial charge in [-0.2, -0.15) is 0 Å². The highest BCUT2D eigenvalue weighted by Gasteiger charge is 2.53. The zero-order valence-corrected chi connectivity index (χ0v) is 14.1. The number of aliphatic hydroxyl groups excluding tert-OH is 4. The van der Waals surface area contributed by atoms with Crippen molar-refractivity contribution in [3.63, 3.8) is 0 Å². The van der Waals surface area contributed by atoms with Crippen LogP contribution in [0.15, 0.2) is 30.5 Å². The van der Waals surface area contributed by atoms with Crippen LogP contribution in [0.1, 0.15) is 0 Å². The summed E-state index contributed by atoms with van der Waals surface area (Å²) in [6, 6.07) is 6.81. The molecule has 1 aromatic heterocycles. The second-order valence-corrected chi connectivity index (χ2v) is 7.02. The van der Waals surface area contributed by atoms with Gasteiger partial charge in [-0.3, -0.25) is 4.09 Å². The minimum absolute atomic E-state index is 0.366. The van der Waals surface area contributed by atoms with Gasteiger partial charge in [0.05, 0.1) is 12.1 Å². The molecule has 1 aliphatic heterocycles. The highest BCUT2D eigenvalue weighted by molar-refractivity contribution is 9.10. The van der Waals surface area contributed by atoms with Crippen LogP contribution in [0.2, 0.25) is 0 Å². The molecule has 1 saturated heterocycles. The van der Waals surface area contributed by atoms with Crippen molar-refractivity contribution >= 4 is 38.6 Å². The molecule has 23 heavy (non-hydrogen) atoms. The molecule has 1 fully saturated rings. The third kappa shape index (κ3) is 2.96. The summed E-state index contributed by atoms with van der Waals surface area (Å²) in [5.74, 6) is 0.366. The van der Waals surface area contributed by atoms with Crippen LogP contribution in [0, 0.1) is 0 Å². The van der Waals surface area contributed by atoms with Gasteiger partial charge in [0.2, 0.25) is 0 Å². The largest absolute Gasteiger partial charge is 0.485 e. The van der Waals surface area contributed by atoms with Crippen LogP contribution >= 0.6 is 27.7 Å². The van der Waals surface area contributed by atoms with Gasteiger partial charge >= 0.3 is 0 Å². The number of halogens is 2. The molecule has 0 bridgehead atoms. The normalized spacial score (nSPS) is 34.7. The molecule has 1 aromatic carbocycles. The summed E-state index contributed by atoms with van der Waals surface area (Å²) in [5.41, 5.74) is 0.775. The van der Waals surface area contributed by atoms with E-state index in [0.29, 0.717) is 5.75 Å². The molecule has 5 atom stereocenters. The number of aliphatic hydroxyl groups is 4. The number of aromatic nitrogens is 1. The quantitative estimate of drug-likeness (QED) is 0.553. The van der Waals surface area contributed by atoms with Crippen molar-refractivity contribution in [1.29, 1.82) is 0 Å². The fourth-order valence-electron chi connectivity index (χ4n) is 2.52.